The van der Waals surface area contributed by atoms with Crippen molar-refractivity contribution in [2.24, 2.45) is 11.8 Å². The molecule has 0 saturated heterocycles. The van der Waals surface area contributed by atoms with Crippen molar-refractivity contribution in [1.82, 2.24) is 0 Å². The van der Waals surface area contributed by atoms with Crippen molar-refractivity contribution in [1.29, 1.82) is 0 Å². The minimum absolute atomic E-state index is 0.175. The van der Waals surface area contributed by atoms with Gasteiger partial charge in [0.1, 0.15) is 37.9 Å². The van der Waals surface area contributed by atoms with E-state index in [1.165, 1.54) is 0 Å². The molecule has 0 radical (unpaired) electrons. The quantitative estimate of drug-likeness (QED) is 0.0221. The first-order chi connectivity index (χ1) is 31.1. The van der Waals surface area contributed by atoms with Crippen molar-refractivity contribution in [3.05, 3.63) is 109 Å². The topological polar surface area (TPSA) is 198 Å². The largest absolute Gasteiger partial charge is 0.490 e. The average molecular weight is 905 g/mol. The van der Waals surface area contributed by atoms with E-state index in [0.717, 1.165) is 74.6 Å². The number of allylic oxidation sites excluding steroid dienone is 4. The molecule has 2 aromatic carbocycles. The van der Waals surface area contributed by atoms with E-state index in [1.54, 1.807) is 36.4 Å². The minimum atomic E-state index is -1.12. The van der Waals surface area contributed by atoms with Gasteiger partial charge in [0.2, 0.25) is 0 Å². The molecule has 0 spiro atoms. The molecule has 65 heavy (non-hydrogen) atoms. The van der Waals surface area contributed by atoms with Crippen LogP contribution in [0.5, 0.6) is 11.5 Å². The van der Waals surface area contributed by atoms with Gasteiger partial charge in [-0.15, -0.1) is 0 Å². The number of carbonyl (C=O) groups excluding carboxylic acids is 4. The first kappa shape index (κ1) is 55.0. The summed E-state index contributed by atoms with van der Waals surface area (Å²) < 4.78 is 33.2. The third-order valence-corrected chi connectivity index (χ3v) is 10.4. The molecule has 0 aliphatic heterocycles. The van der Waals surface area contributed by atoms with Crippen molar-refractivity contribution in [3.63, 3.8) is 0 Å². The van der Waals surface area contributed by atoms with Crippen molar-refractivity contribution >= 4 is 35.8 Å². The summed E-state index contributed by atoms with van der Waals surface area (Å²) in [6, 6.07) is 14.5. The number of carboxylic acid groups (broad SMARTS) is 2. The molecule has 0 aromatic heterocycles. The fraction of sp³-hybridized carbons (Fsp3) is 0.490. The number of hydrogen-bond acceptors (Lipinski definition) is 12. The molecule has 356 valence electrons. The van der Waals surface area contributed by atoms with Gasteiger partial charge in [0.05, 0.1) is 24.7 Å². The van der Waals surface area contributed by atoms with E-state index in [0.29, 0.717) is 11.5 Å². The molecular weight excluding hydrogens is 837 g/mol. The van der Waals surface area contributed by atoms with Gasteiger partial charge in [-0.25, -0.2) is 9.59 Å². The van der Waals surface area contributed by atoms with Crippen molar-refractivity contribution in [2.75, 3.05) is 26.4 Å². The molecule has 4 unspecified atom stereocenters. The average Bonchev–Trinajstić information content (AvgIpc) is 3.29. The van der Waals surface area contributed by atoms with E-state index in [9.17, 15) is 39.0 Å². The number of aliphatic carboxylic acids is 2. The predicted molar refractivity (Wildman–Crippen MR) is 245 cm³/mol. The summed E-state index contributed by atoms with van der Waals surface area (Å²) >= 11 is 0. The van der Waals surface area contributed by atoms with Crippen LogP contribution in [0, 0.1) is 11.8 Å². The summed E-state index contributed by atoms with van der Waals surface area (Å²) in [6.45, 7) is 14.0. The third kappa shape index (κ3) is 22.3. The van der Waals surface area contributed by atoms with Gasteiger partial charge in [-0.3, -0.25) is 19.2 Å². The Balaban J connectivity index is 2.06. The summed E-state index contributed by atoms with van der Waals surface area (Å²) in [5.41, 5.74) is 1.37. The summed E-state index contributed by atoms with van der Waals surface area (Å²) in [5, 5.41) is 19.4. The molecule has 0 saturated carbocycles. The number of ether oxygens (including phenoxy) is 6. The van der Waals surface area contributed by atoms with E-state index < -0.39 is 65.3 Å². The van der Waals surface area contributed by atoms with Gasteiger partial charge in [0, 0.05) is 17.6 Å². The zero-order chi connectivity index (χ0) is 48.0. The molecule has 14 nitrogen and oxygen atoms in total. The molecule has 2 aromatic rings. The highest BCUT2D eigenvalue weighted by atomic mass is 16.6. The lowest BCUT2D eigenvalue weighted by Gasteiger charge is -2.27. The van der Waals surface area contributed by atoms with Crippen LogP contribution in [0.15, 0.2) is 98.1 Å². The molecule has 0 aliphatic carbocycles. The summed E-state index contributed by atoms with van der Waals surface area (Å²) in [5.74, 6) is -6.25. The Hall–Kier alpha value is -6.18. The van der Waals surface area contributed by atoms with Gasteiger partial charge in [-0.1, -0.05) is 115 Å². The lowest BCUT2D eigenvalue weighted by atomic mass is 9.78. The van der Waals surface area contributed by atoms with Gasteiger partial charge in [-0.05, 0) is 73.9 Å². The Morgan fingerprint density at radius 3 is 1.26 bits per heavy atom. The molecule has 0 bridgehead atoms. The molecule has 0 fully saturated rings. The molecule has 2 N–H and O–H groups in total. The predicted octanol–water partition coefficient (Wildman–Crippen LogP) is 9.29. The Labute approximate surface area is 383 Å². The normalized spacial score (nSPS) is 13.2. The van der Waals surface area contributed by atoms with Crippen LogP contribution in [-0.4, -0.2) is 84.7 Å². The molecule has 2 rings (SSSR count). The fourth-order valence-corrected chi connectivity index (χ4v) is 6.38. The third-order valence-electron chi connectivity index (χ3n) is 10.4. The Bertz CT molecular complexity index is 1730. The SMILES string of the molecule is C=CC(=O)OCC(COc1ccc(C(C)(C)c2ccc(OCC(COC(=O)C=C)OC(=O)CC(C/C=C/CCCCC)C(=O)O)cc2)cc1)OC(=O)CC(C/C=C/CCCCC)C(=O)O. The molecule has 0 heterocycles. The second-order valence-electron chi connectivity index (χ2n) is 16.1. The molecular formula is C51H68O14. The van der Waals surface area contributed by atoms with E-state index in [1.807, 2.05) is 50.3 Å². The Kier molecular flexibility index (Phi) is 26.1. The van der Waals surface area contributed by atoms with Crippen molar-refractivity contribution in [2.45, 2.75) is 122 Å². The lowest BCUT2D eigenvalue weighted by molar-refractivity contribution is -0.161. The highest BCUT2D eigenvalue weighted by molar-refractivity contribution is 5.82. The maximum absolute atomic E-state index is 12.9. The zero-order valence-electron chi connectivity index (χ0n) is 38.4. The van der Waals surface area contributed by atoms with Crippen LogP contribution in [0.1, 0.15) is 116 Å². The number of carboxylic acids is 2. The lowest BCUT2D eigenvalue weighted by Crippen LogP contribution is -2.32. The minimum Gasteiger partial charge on any atom is -0.490 e. The number of esters is 4. The first-order valence-electron chi connectivity index (χ1n) is 22.3. The number of rotatable bonds is 34. The Morgan fingerprint density at radius 1 is 0.569 bits per heavy atom. The zero-order valence-corrected chi connectivity index (χ0v) is 38.4. The smallest absolute Gasteiger partial charge is 0.330 e. The molecule has 0 amide bonds. The van der Waals surface area contributed by atoms with Crippen LogP contribution in [0.25, 0.3) is 0 Å². The summed E-state index contributed by atoms with van der Waals surface area (Å²) in [4.78, 5) is 73.1. The van der Waals surface area contributed by atoms with E-state index >= 15 is 0 Å². The van der Waals surface area contributed by atoms with Gasteiger partial charge in [0.25, 0.3) is 0 Å². The van der Waals surface area contributed by atoms with Crippen LogP contribution < -0.4 is 9.47 Å². The second-order valence-corrected chi connectivity index (χ2v) is 16.1. The Morgan fingerprint density at radius 2 is 0.938 bits per heavy atom. The number of unbranched alkanes of at least 4 members (excludes halogenated alkanes) is 6. The fourth-order valence-electron chi connectivity index (χ4n) is 6.38. The highest BCUT2D eigenvalue weighted by Gasteiger charge is 2.27. The summed E-state index contributed by atoms with van der Waals surface area (Å²) in [6.07, 6.45) is 15.0. The monoisotopic (exact) mass is 904 g/mol. The van der Waals surface area contributed by atoms with E-state index in [-0.39, 0.29) is 52.1 Å². The number of benzene rings is 2. The molecule has 4 atom stereocenters. The maximum Gasteiger partial charge on any atom is 0.330 e. The van der Waals surface area contributed by atoms with Crippen LogP contribution in [0.2, 0.25) is 0 Å². The van der Waals surface area contributed by atoms with Gasteiger partial charge in [-0.2, -0.15) is 0 Å². The van der Waals surface area contributed by atoms with Crippen LogP contribution >= 0.6 is 0 Å². The van der Waals surface area contributed by atoms with Gasteiger partial charge >= 0.3 is 35.8 Å². The van der Waals surface area contributed by atoms with Crippen LogP contribution in [0.3, 0.4) is 0 Å². The number of carbonyl (C=O) groups is 6. The van der Waals surface area contributed by atoms with Gasteiger partial charge in [0.15, 0.2) is 12.2 Å². The molecule has 14 heteroatoms. The van der Waals surface area contributed by atoms with E-state index in [2.05, 4.69) is 27.0 Å². The first-order valence-corrected chi connectivity index (χ1v) is 22.3. The van der Waals surface area contributed by atoms with Crippen LogP contribution in [-0.2, 0) is 53.1 Å². The van der Waals surface area contributed by atoms with Crippen LogP contribution in [0.4, 0.5) is 0 Å². The van der Waals surface area contributed by atoms with Crippen molar-refractivity contribution < 1.29 is 67.4 Å². The maximum atomic E-state index is 12.9. The van der Waals surface area contributed by atoms with E-state index in [4.69, 9.17) is 28.4 Å². The van der Waals surface area contributed by atoms with Gasteiger partial charge < -0.3 is 38.6 Å². The summed E-state index contributed by atoms with van der Waals surface area (Å²) in [7, 11) is 0. The van der Waals surface area contributed by atoms with Crippen molar-refractivity contribution in [3.8, 4) is 11.5 Å². The standard InChI is InChI=1S/C51H68O14/c1-7-11-13-15-17-19-21-37(49(56)57)31-47(54)64-43(35-62-45(52)9-3)33-60-41-27-23-39(24-28-41)51(5,6)40-25-29-42(30-26-40)61-34-44(36-63-46(53)10-4)65-48(55)32-38(50(58)59)22-20-18-16-14-12-8-2/h9-10,17-20,23-30,37-38,43-44H,3-4,7-8,11-16,21-22,31-36H2,1-2,5-6H3,(H,56,57)(H,58,59)/b19-17+,20-18+. The molecule has 0 aliphatic rings. The highest BCUT2D eigenvalue weighted by Crippen LogP contribution is 2.33. The second kappa shape index (κ2) is 30.8. The number of hydrogen-bond donors (Lipinski definition) is 2.